The zero-order chi connectivity index (χ0) is 4.28. The number of carbonyl (C=O) groups is 1. The minimum atomic E-state index is -0.468. The topological polar surface area (TPSA) is 52.3 Å². The fourth-order valence-electron chi connectivity index (χ4n) is 0. The van der Waals surface area contributed by atoms with Crippen molar-refractivity contribution in [2.24, 2.45) is 5.90 Å². The van der Waals surface area contributed by atoms with Crippen LogP contribution in [-0.2, 0) is 9.63 Å². The average molecular weight is 107 g/mol. The van der Waals surface area contributed by atoms with Crippen LogP contribution < -0.4 is 5.90 Å². The third-order valence-corrected chi connectivity index (χ3v) is 0.166. The van der Waals surface area contributed by atoms with E-state index in [1.54, 1.807) is 0 Å². The molecule has 6 heavy (non-hydrogen) atoms. The van der Waals surface area contributed by atoms with Gasteiger partial charge in [0.2, 0.25) is 0 Å². The molecule has 0 aliphatic carbocycles. The summed E-state index contributed by atoms with van der Waals surface area (Å²) in [6, 6.07) is 0. The molecule has 36 valence electrons. The predicted octanol–water partition coefficient (Wildman–Crippen LogP) is 0.0714. The molecule has 0 aromatic rings. The Morgan fingerprint density at radius 1 is 1.83 bits per heavy atom. The van der Waals surface area contributed by atoms with E-state index in [4.69, 9.17) is 0 Å². The molecule has 3 nitrogen and oxygen atoms in total. The molecular weight excluding hydrogens is 102 g/mol. The van der Waals surface area contributed by atoms with Gasteiger partial charge in [0.15, 0.2) is 0 Å². The van der Waals surface area contributed by atoms with Gasteiger partial charge in [-0.05, 0) is 0 Å². The normalized spacial score (nSPS) is 5.67. The molecular formula is C2H5NO2S. The average Bonchev–Trinajstić information content (AvgIpc) is 1.38. The summed E-state index contributed by atoms with van der Waals surface area (Å²) in [5.74, 6) is 3.85. The summed E-state index contributed by atoms with van der Waals surface area (Å²) in [6.45, 7) is 1.24. The second kappa shape index (κ2) is 4.78. The molecule has 0 aliphatic rings. The van der Waals surface area contributed by atoms with Crippen LogP contribution in [0.15, 0.2) is 0 Å². The van der Waals surface area contributed by atoms with Crippen LogP contribution in [0.25, 0.3) is 0 Å². The highest BCUT2D eigenvalue weighted by Gasteiger charge is 1.77. The lowest BCUT2D eigenvalue weighted by atomic mass is 10.8. The molecule has 0 aromatic carbocycles. The van der Waals surface area contributed by atoms with Crippen LogP contribution in [0, 0.1) is 0 Å². The van der Waals surface area contributed by atoms with Crippen LogP contribution >= 0.6 is 13.5 Å². The van der Waals surface area contributed by atoms with Crippen molar-refractivity contribution in [3.63, 3.8) is 0 Å². The van der Waals surface area contributed by atoms with Crippen molar-refractivity contribution in [3.05, 3.63) is 0 Å². The number of hydrogen-bond donors (Lipinski definition) is 1. The Morgan fingerprint density at radius 2 is 2.00 bits per heavy atom. The largest absolute Gasteiger partial charge is 0.374 e. The van der Waals surface area contributed by atoms with Gasteiger partial charge in [-0.3, -0.25) is 4.79 Å². The minimum absolute atomic E-state index is 0. The first kappa shape index (κ1) is 9.24. The Labute approximate surface area is 42.9 Å². The van der Waals surface area contributed by atoms with Crippen molar-refractivity contribution in [3.8, 4) is 0 Å². The number of rotatable bonds is 0. The second-order valence-electron chi connectivity index (χ2n) is 0.609. The molecule has 2 radical (unpaired) electrons. The van der Waals surface area contributed by atoms with Gasteiger partial charge in [-0.1, -0.05) is 0 Å². The van der Waals surface area contributed by atoms with Crippen molar-refractivity contribution in [1.29, 1.82) is 0 Å². The summed E-state index contributed by atoms with van der Waals surface area (Å²) in [6.07, 6.45) is 0. The van der Waals surface area contributed by atoms with Crippen LogP contribution in [-0.4, -0.2) is 5.97 Å². The fourth-order valence-corrected chi connectivity index (χ4v) is 0. The summed E-state index contributed by atoms with van der Waals surface area (Å²) >= 11 is 0. The Bertz CT molecular complexity index is 46.8. The van der Waals surface area contributed by atoms with Gasteiger partial charge in [-0.15, -0.1) is 0 Å². The fraction of sp³-hybridized carbons (Fsp3) is 0.500. The van der Waals surface area contributed by atoms with Crippen LogP contribution in [0.1, 0.15) is 6.92 Å². The van der Waals surface area contributed by atoms with E-state index in [0.29, 0.717) is 0 Å². The van der Waals surface area contributed by atoms with Crippen molar-refractivity contribution in [1.82, 2.24) is 0 Å². The maximum absolute atomic E-state index is 9.47. The van der Waals surface area contributed by atoms with Gasteiger partial charge in [0.1, 0.15) is 0 Å². The SMILES string of the molecule is CC(=O)ON.[S]. The van der Waals surface area contributed by atoms with Gasteiger partial charge < -0.3 is 4.84 Å². The summed E-state index contributed by atoms with van der Waals surface area (Å²) in [4.78, 5) is 13.1. The highest BCUT2D eigenvalue weighted by Crippen LogP contribution is 1.55. The summed E-state index contributed by atoms with van der Waals surface area (Å²) < 4.78 is 0. The maximum Gasteiger partial charge on any atom is 0.321 e. The third kappa shape index (κ3) is 9.22. The molecule has 0 rings (SSSR count). The Kier molecular flexibility index (Phi) is 7.36. The maximum atomic E-state index is 9.47. The first-order valence-electron chi connectivity index (χ1n) is 1.14. The zero-order valence-corrected chi connectivity index (χ0v) is 4.12. The van der Waals surface area contributed by atoms with E-state index >= 15 is 0 Å². The van der Waals surface area contributed by atoms with Crippen molar-refractivity contribution < 1.29 is 9.63 Å². The Morgan fingerprint density at radius 3 is 2.00 bits per heavy atom. The van der Waals surface area contributed by atoms with E-state index in [1.807, 2.05) is 0 Å². The molecule has 0 atom stereocenters. The first-order chi connectivity index (χ1) is 2.27. The Hall–Kier alpha value is -0.220. The number of carbonyl (C=O) groups excluding carboxylic acids is 1. The third-order valence-electron chi connectivity index (χ3n) is 0.166. The van der Waals surface area contributed by atoms with E-state index in [0.717, 1.165) is 0 Å². The van der Waals surface area contributed by atoms with Crippen molar-refractivity contribution in [2.75, 3.05) is 0 Å². The van der Waals surface area contributed by atoms with E-state index in [2.05, 4.69) is 10.7 Å². The molecule has 2 N–H and O–H groups in total. The van der Waals surface area contributed by atoms with Gasteiger partial charge in [0.05, 0.1) is 0 Å². The van der Waals surface area contributed by atoms with Gasteiger partial charge in [-0.25, -0.2) is 0 Å². The monoisotopic (exact) mass is 107 g/mol. The van der Waals surface area contributed by atoms with Crippen LogP contribution in [0.3, 0.4) is 0 Å². The van der Waals surface area contributed by atoms with Crippen LogP contribution in [0.4, 0.5) is 0 Å². The quantitative estimate of drug-likeness (QED) is 0.446. The van der Waals surface area contributed by atoms with Gasteiger partial charge >= 0.3 is 5.97 Å². The standard InChI is InChI=1S/C2H5NO2.S/c1-2(4)5-3;/h3H2,1H3;. The molecule has 0 fully saturated rings. The van der Waals surface area contributed by atoms with Gasteiger partial charge in [-0.2, -0.15) is 5.90 Å². The molecule has 0 bridgehead atoms. The van der Waals surface area contributed by atoms with E-state index in [-0.39, 0.29) is 13.5 Å². The van der Waals surface area contributed by atoms with E-state index < -0.39 is 5.97 Å². The summed E-state index contributed by atoms with van der Waals surface area (Å²) in [5.41, 5.74) is 0. The molecule has 0 amide bonds. The molecule has 0 unspecified atom stereocenters. The molecule has 0 spiro atoms. The second-order valence-corrected chi connectivity index (χ2v) is 0.609. The molecule has 0 saturated carbocycles. The van der Waals surface area contributed by atoms with Crippen LogP contribution in [0.5, 0.6) is 0 Å². The van der Waals surface area contributed by atoms with Crippen molar-refractivity contribution in [2.45, 2.75) is 6.92 Å². The lowest BCUT2D eigenvalue weighted by molar-refractivity contribution is -0.141. The molecule has 0 saturated heterocycles. The smallest absolute Gasteiger partial charge is 0.321 e. The van der Waals surface area contributed by atoms with Crippen LogP contribution in [0.2, 0.25) is 0 Å². The first-order valence-corrected chi connectivity index (χ1v) is 1.14. The molecule has 0 heterocycles. The predicted molar refractivity (Wildman–Crippen MR) is 23.5 cm³/mol. The lowest BCUT2D eigenvalue weighted by Gasteiger charge is -1.79. The Balaban J connectivity index is 0. The van der Waals surface area contributed by atoms with Crippen molar-refractivity contribution >= 4 is 19.5 Å². The molecule has 0 aromatic heterocycles. The van der Waals surface area contributed by atoms with E-state index in [1.165, 1.54) is 6.92 Å². The number of nitrogens with two attached hydrogens (primary N) is 1. The molecule has 0 aliphatic heterocycles. The highest BCUT2D eigenvalue weighted by molar-refractivity contribution is 7.59. The van der Waals surface area contributed by atoms with E-state index in [9.17, 15) is 4.79 Å². The summed E-state index contributed by atoms with van der Waals surface area (Å²) in [5, 5.41) is 0. The van der Waals surface area contributed by atoms with Gasteiger partial charge in [0, 0.05) is 20.4 Å². The zero-order valence-electron chi connectivity index (χ0n) is 3.30. The minimum Gasteiger partial charge on any atom is -0.374 e. The van der Waals surface area contributed by atoms with Gasteiger partial charge in [0.25, 0.3) is 0 Å². The summed E-state index contributed by atoms with van der Waals surface area (Å²) in [7, 11) is 0. The molecule has 4 heteroatoms. The highest BCUT2D eigenvalue weighted by atomic mass is 32.1. The lowest BCUT2D eigenvalue weighted by Crippen LogP contribution is -2.03. The number of hydrogen-bond acceptors (Lipinski definition) is 3.